The maximum atomic E-state index is 12.7. The Bertz CT molecular complexity index is 963. The summed E-state index contributed by atoms with van der Waals surface area (Å²) in [6.07, 6.45) is 1.07. The van der Waals surface area contributed by atoms with Gasteiger partial charge in [0, 0.05) is 47.1 Å². The van der Waals surface area contributed by atoms with Crippen molar-refractivity contribution in [3.63, 3.8) is 0 Å². The summed E-state index contributed by atoms with van der Waals surface area (Å²) in [5.41, 5.74) is 1.02. The minimum Gasteiger partial charge on any atom is -0.355 e. The number of sulfonamides is 1. The van der Waals surface area contributed by atoms with Crippen LogP contribution in [0.25, 0.3) is 0 Å². The zero-order valence-corrected chi connectivity index (χ0v) is 19.5. The van der Waals surface area contributed by atoms with Crippen molar-refractivity contribution >= 4 is 50.9 Å². The number of amides is 1. The number of rotatable bonds is 8. The fourth-order valence-corrected chi connectivity index (χ4v) is 6.22. The first-order chi connectivity index (χ1) is 14.4. The molecule has 0 saturated carbocycles. The van der Waals surface area contributed by atoms with Gasteiger partial charge in [0.1, 0.15) is 0 Å². The van der Waals surface area contributed by atoms with Gasteiger partial charge in [0.2, 0.25) is 15.9 Å². The van der Waals surface area contributed by atoms with Crippen LogP contribution in [0.4, 0.5) is 0 Å². The predicted molar refractivity (Wildman–Crippen MR) is 124 cm³/mol. The maximum Gasteiger partial charge on any atom is 0.243 e. The van der Waals surface area contributed by atoms with E-state index < -0.39 is 10.0 Å². The monoisotopic (exact) mass is 486 g/mol. The Kier molecular flexibility index (Phi) is 8.48. The Hall–Kier alpha value is -1.25. The summed E-state index contributed by atoms with van der Waals surface area (Å²) in [5, 5.41) is 4.23. The molecule has 30 heavy (non-hydrogen) atoms. The SMILES string of the molecule is O=C(NCCSCc1ccc(Cl)cc1Cl)C1CCN(S(=O)(=O)c2ccccc2)CC1. The molecular formula is C21H24Cl2N2O3S2. The minimum atomic E-state index is -3.49. The van der Waals surface area contributed by atoms with Crippen molar-refractivity contribution in [2.24, 2.45) is 5.92 Å². The van der Waals surface area contributed by atoms with Gasteiger partial charge in [0.15, 0.2) is 0 Å². The molecule has 162 valence electrons. The smallest absolute Gasteiger partial charge is 0.243 e. The van der Waals surface area contributed by atoms with Crippen LogP contribution in [0.1, 0.15) is 18.4 Å². The highest BCUT2D eigenvalue weighted by molar-refractivity contribution is 7.98. The molecule has 0 aromatic heterocycles. The second-order valence-electron chi connectivity index (χ2n) is 7.07. The van der Waals surface area contributed by atoms with Gasteiger partial charge in [0.25, 0.3) is 0 Å². The number of thioether (sulfide) groups is 1. The summed E-state index contributed by atoms with van der Waals surface area (Å²) in [6.45, 7) is 1.29. The second-order valence-corrected chi connectivity index (χ2v) is 11.0. The molecule has 3 rings (SSSR count). The Morgan fingerprint density at radius 1 is 1.10 bits per heavy atom. The van der Waals surface area contributed by atoms with Crippen LogP contribution in [0.5, 0.6) is 0 Å². The van der Waals surface area contributed by atoms with Gasteiger partial charge in [-0.25, -0.2) is 8.42 Å². The molecule has 1 aliphatic rings. The Morgan fingerprint density at radius 2 is 1.80 bits per heavy atom. The maximum absolute atomic E-state index is 12.7. The lowest BCUT2D eigenvalue weighted by molar-refractivity contribution is -0.125. The van der Waals surface area contributed by atoms with Crippen molar-refractivity contribution in [3.8, 4) is 0 Å². The van der Waals surface area contributed by atoms with E-state index in [4.69, 9.17) is 23.2 Å². The molecule has 0 spiro atoms. The molecule has 0 atom stereocenters. The van der Waals surface area contributed by atoms with Crippen molar-refractivity contribution in [2.45, 2.75) is 23.5 Å². The average molecular weight is 487 g/mol. The third kappa shape index (κ3) is 6.14. The molecule has 1 saturated heterocycles. The molecule has 2 aromatic rings. The molecule has 2 aromatic carbocycles. The normalized spacial score (nSPS) is 15.8. The Morgan fingerprint density at radius 3 is 2.47 bits per heavy atom. The molecule has 1 fully saturated rings. The minimum absolute atomic E-state index is 0.00288. The summed E-state index contributed by atoms with van der Waals surface area (Å²) in [5.74, 6) is 1.37. The number of carbonyl (C=O) groups excluding carboxylic acids is 1. The van der Waals surface area contributed by atoms with Crippen LogP contribution in [0.15, 0.2) is 53.4 Å². The van der Waals surface area contributed by atoms with Gasteiger partial charge in [-0.05, 0) is 42.7 Å². The van der Waals surface area contributed by atoms with Crippen LogP contribution in [0.2, 0.25) is 10.0 Å². The van der Waals surface area contributed by atoms with E-state index in [1.165, 1.54) is 4.31 Å². The van der Waals surface area contributed by atoms with Crippen molar-refractivity contribution in [1.82, 2.24) is 9.62 Å². The second kappa shape index (κ2) is 10.9. The highest BCUT2D eigenvalue weighted by Crippen LogP contribution is 2.25. The molecule has 1 N–H and O–H groups in total. The summed E-state index contributed by atoms with van der Waals surface area (Å²) in [6, 6.07) is 13.9. The summed E-state index contributed by atoms with van der Waals surface area (Å²) in [4.78, 5) is 12.7. The van der Waals surface area contributed by atoms with Crippen molar-refractivity contribution < 1.29 is 13.2 Å². The standard InChI is InChI=1S/C21H24Cl2N2O3S2/c22-18-7-6-17(20(23)14-18)15-29-13-10-24-21(26)16-8-11-25(12-9-16)30(27,28)19-4-2-1-3-5-19/h1-7,14,16H,8-13,15H2,(H,24,26). The number of benzene rings is 2. The van der Waals surface area contributed by atoms with E-state index in [0.29, 0.717) is 47.4 Å². The summed E-state index contributed by atoms with van der Waals surface area (Å²) in [7, 11) is -3.49. The number of hydrogen-bond donors (Lipinski definition) is 1. The number of nitrogens with one attached hydrogen (secondary N) is 1. The highest BCUT2D eigenvalue weighted by atomic mass is 35.5. The molecule has 5 nitrogen and oxygen atoms in total. The molecule has 0 radical (unpaired) electrons. The van der Waals surface area contributed by atoms with E-state index in [0.717, 1.165) is 17.1 Å². The van der Waals surface area contributed by atoms with Crippen molar-refractivity contribution in [1.29, 1.82) is 0 Å². The average Bonchev–Trinajstić information content (AvgIpc) is 2.75. The van der Waals surface area contributed by atoms with Crippen LogP contribution in [-0.2, 0) is 20.6 Å². The first-order valence-corrected chi connectivity index (χ1v) is 13.1. The first kappa shape index (κ1) is 23.4. The number of carbonyl (C=O) groups is 1. The lowest BCUT2D eigenvalue weighted by atomic mass is 9.97. The Labute approximate surface area is 192 Å². The zero-order valence-electron chi connectivity index (χ0n) is 16.4. The van der Waals surface area contributed by atoms with Crippen LogP contribution in [0, 0.1) is 5.92 Å². The van der Waals surface area contributed by atoms with Crippen molar-refractivity contribution in [3.05, 3.63) is 64.1 Å². The van der Waals surface area contributed by atoms with Gasteiger partial charge in [0.05, 0.1) is 4.90 Å². The third-order valence-electron chi connectivity index (χ3n) is 5.02. The molecule has 0 bridgehead atoms. The number of nitrogens with zero attached hydrogens (tertiary/aromatic N) is 1. The van der Waals surface area contributed by atoms with E-state index in [-0.39, 0.29) is 11.8 Å². The molecule has 9 heteroatoms. The number of hydrogen-bond acceptors (Lipinski definition) is 4. The summed E-state index contributed by atoms with van der Waals surface area (Å²) >= 11 is 13.7. The fourth-order valence-electron chi connectivity index (χ4n) is 3.31. The number of piperidine rings is 1. The molecule has 1 aliphatic heterocycles. The van der Waals surface area contributed by atoms with Crippen LogP contribution < -0.4 is 5.32 Å². The first-order valence-electron chi connectivity index (χ1n) is 9.72. The highest BCUT2D eigenvalue weighted by Gasteiger charge is 2.31. The van der Waals surface area contributed by atoms with Gasteiger partial charge in [-0.2, -0.15) is 16.1 Å². The van der Waals surface area contributed by atoms with E-state index in [2.05, 4.69) is 5.32 Å². The van der Waals surface area contributed by atoms with E-state index in [1.54, 1.807) is 48.2 Å². The number of halogens is 2. The topological polar surface area (TPSA) is 66.5 Å². The van der Waals surface area contributed by atoms with Gasteiger partial charge in [-0.1, -0.05) is 47.5 Å². The third-order valence-corrected chi connectivity index (χ3v) is 8.53. The summed E-state index contributed by atoms with van der Waals surface area (Å²) < 4.78 is 26.8. The van der Waals surface area contributed by atoms with E-state index in [1.807, 2.05) is 12.1 Å². The quantitative estimate of drug-likeness (QED) is 0.559. The lowest BCUT2D eigenvalue weighted by Crippen LogP contribution is -2.43. The molecule has 0 unspecified atom stereocenters. The molecule has 1 heterocycles. The molecular weight excluding hydrogens is 463 g/mol. The molecule has 0 aliphatic carbocycles. The largest absolute Gasteiger partial charge is 0.355 e. The van der Waals surface area contributed by atoms with Gasteiger partial charge >= 0.3 is 0 Å². The van der Waals surface area contributed by atoms with E-state index in [9.17, 15) is 13.2 Å². The fraction of sp³-hybridized carbons (Fsp3) is 0.381. The lowest BCUT2D eigenvalue weighted by Gasteiger charge is -2.30. The van der Waals surface area contributed by atoms with Crippen LogP contribution in [0.3, 0.4) is 0 Å². The molecule has 1 amide bonds. The van der Waals surface area contributed by atoms with Gasteiger partial charge < -0.3 is 5.32 Å². The Balaban J connectivity index is 1.38. The van der Waals surface area contributed by atoms with Gasteiger partial charge in [-0.3, -0.25) is 4.79 Å². The van der Waals surface area contributed by atoms with Crippen molar-refractivity contribution in [2.75, 3.05) is 25.4 Å². The van der Waals surface area contributed by atoms with E-state index >= 15 is 0 Å². The van der Waals surface area contributed by atoms with Gasteiger partial charge in [-0.15, -0.1) is 0 Å². The zero-order chi connectivity index (χ0) is 21.6. The van der Waals surface area contributed by atoms with Crippen LogP contribution in [-0.4, -0.2) is 44.0 Å². The predicted octanol–water partition coefficient (Wildman–Crippen LogP) is 4.44. The van der Waals surface area contributed by atoms with Crippen LogP contribution >= 0.6 is 35.0 Å².